The van der Waals surface area contributed by atoms with Gasteiger partial charge in [-0.2, -0.15) is 5.10 Å². The van der Waals surface area contributed by atoms with E-state index in [1.165, 1.54) is 0 Å². The molecule has 6 heteroatoms. The van der Waals surface area contributed by atoms with E-state index >= 15 is 0 Å². The molecule has 2 N–H and O–H groups in total. The van der Waals surface area contributed by atoms with Crippen molar-refractivity contribution in [1.82, 2.24) is 10.2 Å². The Hall–Kier alpha value is -2.01. The van der Waals surface area contributed by atoms with Gasteiger partial charge in [0.25, 0.3) is 5.91 Å². The molecule has 0 saturated carbocycles. The van der Waals surface area contributed by atoms with Crippen LogP contribution in [0.4, 0.5) is 5.69 Å². The minimum Gasteiger partial charge on any atom is -0.495 e. The van der Waals surface area contributed by atoms with E-state index in [1.807, 2.05) is 0 Å². The standard InChI is InChI=1S/C15H16ClN3O2/c1-21-13-7-6-9(8-11(13)16)17-15(20)14-10-4-2-3-5-12(10)18-19-14/h6-8H,2-5H2,1H3,(H,17,20)(H,18,19). The number of nitrogens with one attached hydrogen (secondary N) is 2. The second-order valence-electron chi connectivity index (χ2n) is 5.04. The summed E-state index contributed by atoms with van der Waals surface area (Å²) in [5, 5.41) is 10.4. The number of hydrogen-bond donors (Lipinski definition) is 2. The zero-order valence-corrected chi connectivity index (χ0v) is 12.5. The molecule has 5 nitrogen and oxygen atoms in total. The Morgan fingerprint density at radius 1 is 1.38 bits per heavy atom. The molecule has 1 aromatic carbocycles. The summed E-state index contributed by atoms with van der Waals surface area (Å²) in [5.41, 5.74) is 3.23. The van der Waals surface area contributed by atoms with Crippen LogP contribution in [0, 0.1) is 0 Å². The molecule has 0 aliphatic heterocycles. The van der Waals surface area contributed by atoms with Crippen LogP contribution in [0.3, 0.4) is 0 Å². The van der Waals surface area contributed by atoms with E-state index < -0.39 is 0 Å². The van der Waals surface area contributed by atoms with Crippen LogP contribution in [-0.2, 0) is 12.8 Å². The zero-order valence-electron chi connectivity index (χ0n) is 11.7. The monoisotopic (exact) mass is 305 g/mol. The minimum atomic E-state index is -0.212. The van der Waals surface area contributed by atoms with Crippen LogP contribution >= 0.6 is 11.6 Å². The van der Waals surface area contributed by atoms with Gasteiger partial charge >= 0.3 is 0 Å². The lowest BCUT2D eigenvalue weighted by atomic mass is 9.96. The molecule has 0 fully saturated rings. The van der Waals surface area contributed by atoms with Crippen LogP contribution in [-0.4, -0.2) is 23.2 Å². The van der Waals surface area contributed by atoms with E-state index in [-0.39, 0.29) is 5.91 Å². The number of nitrogens with zero attached hydrogens (tertiary/aromatic N) is 1. The van der Waals surface area contributed by atoms with Gasteiger partial charge in [-0.15, -0.1) is 0 Å². The number of H-pyrrole nitrogens is 1. The highest BCUT2D eigenvalue weighted by molar-refractivity contribution is 6.32. The van der Waals surface area contributed by atoms with E-state index in [2.05, 4.69) is 15.5 Å². The van der Waals surface area contributed by atoms with Gasteiger partial charge in [0.05, 0.1) is 12.1 Å². The average molecular weight is 306 g/mol. The number of aromatic nitrogens is 2. The maximum absolute atomic E-state index is 12.3. The van der Waals surface area contributed by atoms with E-state index in [0.29, 0.717) is 22.2 Å². The Kier molecular flexibility index (Phi) is 3.84. The summed E-state index contributed by atoms with van der Waals surface area (Å²) < 4.78 is 5.09. The smallest absolute Gasteiger partial charge is 0.276 e. The topological polar surface area (TPSA) is 67.0 Å². The van der Waals surface area contributed by atoms with Gasteiger partial charge < -0.3 is 10.1 Å². The number of hydrogen-bond acceptors (Lipinski definition) is 3. The third-order valence-electron chi connectivity index (χ3n) is 3.68. The number of ether oxygens (including phenoxy) is 1. The number of rotatable bonds is 3. The molecule has 1 aliphatic rings. The lowest BCUT2D eigenvalue weighted by molar-refractivity contribution is 0.102. The maximum Gasteiger partial charge on any atom is 0.276 e. The Balaban J connectivity index is 1.80. The van der Waals surface area contributed by atoms with Crippen LogP contribution in [0.2, 0.25) is 5.02 Å². The first-order valence-corrected chi connectivity index (χ1v) is 7.28. The largest absolute Gasteiger partial charge is 0.495 e. The molecule has 0 saturated heterocycles. The highest BCUT2D eigenvalue weighted by atomic mass is 35.5. The van der Waals surface area contributed by atoms with Crippen LogP contribution in [0.1, 0.15) is 34.6 Å². The summed E-state index contributed by atoms with van der Waals surface area (Å²) in [6.45, 7) is 0. The van der Waals surface area contributed by atoms with E-state index in [0.717, 1.165) is 36.9 Å². The van der Waals surface area contributed by atoms with Crippen molar-refractivity contribution in [2.45, 2.75) is 25.7 Å². The quantitative estimate of drug-likeness (QED) is 0.915. The van der Waals surface area contributed by atoms with Crippen molar-refractivity contribution in [1.29, 1.82) is 0 Å². The molecule has 2 aromatic rings. The highest BCUT2D eigenvalue weighted by Crippen LogP contribution is 2.28. The Labute approximate surface area is 127 Å². The fourth-order valence-electron chi connectivity index (χ4n) is 2.60. The highest BCUT2D eigenvalue weighted by Gasteiger charge is 2.21. The molecule has 0 atom stereocenters. The zero-order chi connectivity index (χ0) is 14.8. The van der Waals surface area contributed by atoms with Crippen LogP contribution in [0.15, 0.2) is 18.2 Å². The van der Waals surface area contributed by atoms with Gasteiger partial charge in [-0.1, -0.05) is 11.6 Å². The molecular formula is C15H16ClN3O2. The molecule has 1 heterocycles. The number of aromatic amines is 1. The third kappa shape index (κ3) is 2.74. The molecular weight excluding hydrogens is 290 g/mol. The summed E-state index contributed by atoms with van der Waals surface area (Å²) in [6, 6.07) is 5.14. The first-order valence-electron chi connectivity index (χ1n) is 6.90. The van der Waals surface area contributed by atoms with Crippen molar-refractivity contribution in [2.75, 3.05) is 12.4 Å². The van der Waals surface area contributed by atoms with Crippen molar-refractivity contribution < 1.29 is 9.53 Å². The molecule has 1 aromatic heterocycles. The van der Waals surface area contributed by atoms with Crippen molar-refractivity contribution >= 4 is 23.2 Å². The van der Waals surface area contributed by atoms with Gasteiger partial charge in [-0.25, -0.2) is 0 Å². The molecule has 110 valence electrons. The number of carbonyl (C=O) groups excluding carboxylic acids is 1. The molecule has 1 amide bonds. The van der Waals surface area contributed by atoms with E-state index in [4.69, 9.17) is 16.3 Å². The van der Waals surface area contributed by atoms with Gasteiger partial charge in [-0.05, 0) is 43.9 Å². The molecule has 21 heavy (non-hydrogen) atoms. The number of anilines is 1. The number of halogens is 1. The minimum absolute atomic E-state index is 0.212. The Morgan fingerprint density at radius 3 is 2.95 bits per heavy atom. The van der Waals surface area contributed by atoms with Gasteiger partial charge in [0.15, 0.2) is 5.69 Å². The summed E-state index contributed by atoms with van der Waals surface area (Å²) >= 11 is 6.06. The fourth-order valence-corrected chi connectivity index (χ4v) is 2.86. The molecule has 0 spiro atoms. The number of methoxy groups -OCH3 is 1. The van der Waals surface area contributed by atoms with Crippen molar-refractivity contribution in [3.63, 3.8) is 0 Å². The predicted octanol–water partition coefficient (Wildman–Crippen LogP) is 3.20. The summed E-state index contributed by atoms with van der Waals surface area (Å²) in [4.78, 5) is 12.3. The molecule has 0 radical (unpaired) electrons. The maximum atomic E-state index is 12.3. The van der Waals surface area contributed by atoms with Crippen molar-refractivity contribution in [3.8, 4) is 5.75 Å². The van der Waals surface area contributed by atoms with Gasteiger partial charge in [0, 0.05) is 16.9 Å². The SMILES string of the molecule is COc1ccc(NC(=O)c2n[nH]c3c2CCCC3)cc1Cl. The Bertz CT molecular complexity index is 682. The molecule has 3 rings (SSSR count). The second kappa shape index (κ2) is 5.77. The van der Waals surface area contributed by atoms with Gasteiger partial charge in [0.2, 0.25) is 0 Å². The molecule has 0 bridgehead atoms. The number of benzene rings is 1. The van der Waals surface area contributed by atoms with Crippen LogP contribution in [0.25, 0.3) is 0 Å². The number of fused-ring (bicyclic) bond motifs is 1. The molecule has 1 aliphatic carbocycles. The normalized spacial score (nSPS) is 13.6. The summed E-state index contributed by atoms with van der Waals surface area (Å²) in [6.07, 6.45) is 4.10. The Morgan fingerprint density at radius 2 is 2.19 bits per heavy atom. The third-order valence-corrected chi connectivity index (χ3v) is 3.98. The number of amides is 1. The first-order chi connectivity index (χ1) is 10.2. The fraction of sp³-hybridized carbons (Fsp3) is 0.333. The first kappa shape index (κ1) is 13.9. The van der Waals surface area contributed by atoms with Crippen molar-refractivity contribution in [2.24, 2.45) is 0 Å². The lowest BCUT2D eigenvalue weighted by Gasteiger charge is -2.11. The van der Waals surface area contributed by atoms with Gasteiger partial charge in [0.1, 0.15) is 5.75 Å². The van der Waals surface area contributed by atoms with E-state index in [9.17, 15) is 4.79 Å². The van der Waals surface area contributed by atoms with Crippen molar-refractivity contribution in [3.05, 3.63) is 40.2 Å². The number of aryl methyl sites for hydroxylation is 1. The van der Waals surface area contributed by atoms with E-state index in [1.54, 1.807) is 25.3 Å². The van der Waals surface area contributed by atoms with Gasteiger partial charge in [-0.3, -0.25) is 9.89 Å². The van der Waals surface area contributed by atoms with Crippen LogP contribution in [0.5, 0.6) is 5.75 Å². The van der Waals surface area contributed by atoms with Crippen LogP contribution < -0.4 is 10.1 Å². The predicted molar refractivity (Wildman–Crippen MR) is 81.2 cm³/mol. The number of carbonyl (C=O) groups is 1. The molecule has 0 unspecified atom stereocenters. The second-order valence-corrected chi connectivity index (χ2v) is 5.45. The summed E-state index contributed by atoms with van der Waals surface area (Å²) in [7, 11) is 1.55. The summed E-state index contributed by atoms with van der Waals surface area (Å²) in [5.74, 6) is 0.363. The lowest BCUT2D eigenvalue weighted by Crippen LogP contribution is -2.15. The average Bonchev–Trinajstić information content (AvgIpc) is 2.91.